The van der Waals surface area contributed by atoms with Crippen LogP contribution in [0.5, 0.6) is 11.5 Å². The van der Waals surface area contributed by atoms with Crippen molar-refractivity contribution in [2.45, 2.75) is 39.8 Å². The normalized spacial score (nSPS) is 12.3. The molecule has 27 heavy (non-hydrogen) atoms. The highest BCUT2D eigenvalue weighted by molar-refractivity contribution is 7.80. The summed E-state index contributed by atoms with van der Waals surface area (Å²) in [5.74, 6) is 1.47. The van der Waals surface area contributed by atoms with Crippen LogP contribution in [0.15, 0.2) is 36.7 Å². The Labute approximate surface area is 167 Å². The maximum Gasteiger partial charge on any atom is 0.166 e. The van der Waals surface area contributed by atoms with Crippen LogP contribution in [-0.4, -0.2) is 41.7 Å². The molecule has 148 valence electrons. The molecule has 0 saturated heterocycles. The topological polar surface area (TPSA) is 60.3 Å². The van der Waals surface area contributed by atoms with E-state index in [0.29, 0.717) is 5.11 Å². The number of nitrogens with one attached hydrogen (secondary N) is 2. The maximum atomic E-state index is 5.50. The Morgan fingerprint density at radius 2 is 1.96 bits per heavy atom. The van der Waals surface area contributed by atoms with Crippen LogP contribution in [0.3, 0.4) is 0 Å². The first-order chi connectivity index (χ1) is 12.8. The molecule has 0 amide bonds. The first kappa shape index (κ1) is 21.0. The second kappa shape index (κ2) is 9.60. The molecule has 2 aromatic rings. The van der Waals surface area contributed by atoms with Crippen LogP contribution in [0.25, 0.3) is 0 Å². The number of rotatable bonds is 8. The first-order valence-corrected chi connectivity index (χ1v) is 9.47. The molecular weight excluding hydrogens is 360 g/mol. The van der Waals surface area contributed by atoms with Gasteiger partial charge in [-0.15, -0.1) is 0 Å². The van der Waals surface area contributed by atoms with E-state index in [0.717, 1.165) is 36.6 Å². The molecule has 0 bridgehead atoms. The summed E-state index contributed by atoms with van der Waals surface area (Å²) in [6, 6.07) is 8.05. The molecule has 7 heteroatoms. The zero-order valence-corrected chi connectivity index (χ0v) is 17.6. The Balaban J connectivity index is 1.87. The fourth-order valence-electron chi connectivity index (χ4n) is 2.70. The van der Waals surface area contributed by atoms with Gasteiger partial charge in [-0.3, -0.25) is 4.68 Å². The van der Waals surface area contributed by atoms with Gasteiger partial charge in [-0.2, -0.15) is 5.10 Å². The van der Waals surface area contributed by atoms with Crippen molar-refractivity contribution in [2.24, 2.45) is 5.41 Å². The highest BCUT2D eigenvalue weighted by Crippen LogP contribution is 2.27. The molecular formula is C20H30N4O2S. The number of aromatic nitrogens is 2. The van der Waals surface area contributed by atoms with Gasteiger partial charge in [0.2, 0.25) is 0 Å². The number of benzene rings is 1. The molecule has 0 radical (unpaired) electrons. The number of hydrogen-bond acceptors (Lipinski definition) is 4. The molecule has 0 spiro atoms. The van der Waals surface area contributed by atoms with Crippen molar-refractivity contribution in [3.8, 4) is 11.5 Å². The summed E-state index contributed by atoms with van der Waals surface area (Å²) < 4.78 is 12.6. The van der Waals surface area contributed by atoms with Gasteiger partial charge in [-0.1, -0.05) is 26.8 Å². The molecule has 1 atom stereocenters. The third-order valence-corrected chi connectivity index (χ3v) is 4.69. The number of methoxy groups -OCH3 is 2. The minimum atomic E-state index is 0.0427. The summed E-state index contributed by atoms with van der Waals surface area (Å²) in [6.45, 7) is 8.08. The predicted octanol–water partition coefficient (Wildman–Crippen LogP) is 3.02. The van der Waals surface area contributed by atoms with Gasteiger partial charge in [0.15, 0.2) is 16.6 Å². The summed E-state index contributed by atoms with van der Waals surface area (Å²) in [7, 11) is 3.28. The number of ether oxygens (including phenoxy) is 2. The third kappa shape index (κ3) is 6.43. The SMILES string of the molecule is COc1ccc(CCNC(=S)NC(Cn2cccn2)C(C)(C)C)cc1OC. The van der Waals surface area contributed by atoms with Gasteiger partial charge in [0.1, 0.15) is 0 Å². The van der Waals surface area contributed by atoms with E-state index in [4.69, 9.17) is 21.7 Å². The third-order valence-electron chi connectivity index (χ3n) is 4.43. The quantitative estimate of drug-likeness (QED) is 0.676. The van der Waals surface area contributed by atoms with Crippen molar-refractivity contribution < 1.29 is 9.47 Å². The number of hydrogen-bond donors (Lipinski definition) is 2. The van der Waals surface area contributed by atoms with Crippen molar-refractivity contribution in [3.63, 3.8) is 0 Å². The average molecular weight is 391 g/mol. The lowest BCUT2D eigenvalue weighted by Crippen LogP contribution is -2.50. The predicted molar refractivity (Wildman–Crippen MR) is 112 cm³/mol. The standard InChI is InChI=1S/C20H30N4O2S/c1-20(2,3)18(14-24-12-6-10-22-24)23-19(27)21-11-9-15-7-8-16(25-4)17(13-15)26-5/h6-8,10,12-13,18H,9,11,14H2,1-5H3,(H2,21,23,27). The van der Waals surface area contributed by atoms with Crippen LogP contribution < -0.4 is 20.1 Å². The Morgan fingerprint density at radius 3 is 2.56 bits per heavy atom. The molecule has 1 unspecified atom stereocenters. The molecule has 2 N–H and O–H groups in total. The summed E-state index contributed by atoms with van der Waals surface area (Å²) in [4.78, 5) is 0. The summed E-state index contributed by atoms with van der Waals surface area (Å²) in [6.07, 6.45) is 4.59. The highest BCUT2D eigenvalue weighted by atomic mass is 32.1. The van der Waals surface area contributed by atoms with E-state index in [-0.39, 0.29) is 11.5 Å². The zero-order valence-electron chi connectivity index (χ0n) is 16.8. The minimum absolute atomic E-state index is 0.0427. The number of nitrogens with zero attached hydrogens (tertiary/aromatic N) is 2. The molecule has 0 aliphatic carbocycles. The van der Waals surface area contributed by atoms with Crippen LogP contribution in [-0.2, 0) is 13.0 Å². The molecule has 0 saturated carbocycles. The monoisotopic (exact) mass is 390 g/mol. The van der Waals surface area contributed by atoms with Gasteiger partial charge in [0.05, 0.1) is 26.8 Å². The summed E-state index contributed by atoms with van der Waals surface area (Å²) in [5.41, 5.74) is 1.20. The van der Waals surface area contributed by atoms with Crippen molar-refractivity contribution in [3.05, 3.63) is 42.2 Å². The maximum absolute atomic E-state index is 5.50. The van der Waals surface area contributed by atoms with Gasteiger partial charge < -0.3 is 20.1 Å². The van der Waals surface area contributed by atoms with E-state index >= 15 is 0 Å². The lowest BCUT2D eigenvalue weighted by molar-refractivity contribution is 0.260. The van der Waals surface area contributed by atoms with Crippen LogP contribution in [0.4, 0.5) is 0 Å². The lowest BCUT2D eigenvalue weighted by atomic mass is 9.87. The van der Waals surface area contributed by atoms with Crippen LogP contribution >= 0.6 is 12.2 Å². The molecule has 1 aromatic carbocycles. The van der Waals surface area contributed by atoms with E-state index in [1.165, 1.54) is 0 Å². The fourth-order valence-corrected chi connectivity index (χ4v) is 2.94. The van der Waals surface area contributed by atoms with Crippen LogP contribution in [0.1, 0.15) is 26.3 Å². The van der Waals surface area contributed by atoms with Crippen molar-refractivity contribution in [1.29, 1.82) is 0 Å². The summed E-state index contributed by atoms with van der Waals surface area (Å²) in [5, 5.41) is 11.7. The van der Waals surface area contributed by atoms with Gasteiger partial charge in [0.25, 0.3) is 0 Å². The van der Waals surface area contributed by atoms with E-state index in [1.54, 1.807) is 20.4 Å². The van der Waals surface area contributed by atoms with Gasteiger partial charge in [-0.05, 0) is 47.8 Å². The zero-order chi connectivity index (χ0) is 19.9. The Morgan fingerprint density at radius 1 is 1.22 bits per heavy atom. The second-order valence-electron chi connectivity index (χ2n) is 7.49. The van der Waals surface area contributed by atoms with E-state index in [1.807, 2.05) is 35.1 Å². The molecule has 2 rings (SSSR count). The Bertz CT molecular complexity index is 726. The average Bonchev–Trinajstić information content (AvgIpc) is 3.13. The van der Waals surface area contributed by atoms with E-state index < -0.39 is 0 Å². The second-order valence-corrected chi connectivity index (χ2v) is 7.89. The molecule has 1 aromatic heterocycles. The van der Waals surface area contributed by atoms with Gasteiger partial charge in [-0.25, -0.2) is 0 Å². The molecule has 0 aliphatic heterocycles. The van der Waals surface area contributed by atoms with Crippen LogP contribution in [0, 0.1) is 5.41 Å². The molecule has 0 fully saturated rings. The number of thiocarbonyl (C=S) groups is 1. The largest absolute Gasteiger partial charge is 0.493 e. The first-order valence-electron chi connectivity index (χ1n) is 9.06. The van der Waals surface area contributed by atoms with Crippen molar-refractivity contribution >= 4 is 17.3 Å². The van der Waals surface area contributed by atoms with Gasteiger partial charge >= 0.3 is 0 Å². The van der Waals surface area contributed by atoms with Crippen molar-refractivity contribution in [2.75, 3.05) is 20.8 Å². The summed E-state index contributed by atoms with van der Waals surface area (Å²) >= 11 is 5.50. The fraction of sp³-hybridized carbons (Fsp3) is 0.500. The smallest absolute Gasteiger partial charge is 0.166 e. The Kier molecular flexibility index (Phi) is 7.47. The van der Waals surface area contributed by atoms with Gasteiger partial charge in [0, 0.05) is 18.9 Å². The van der Waals surface area contributed by atoms with E-state index in [9.17, 15) is 0 Å². The minimum Gasteiger partial charge on any atom is -0.493 e. The molecule has 6 nitrogen and oxygen atoms in total. The highest BCUT2D eigenvalue weighted by Gasteiger charge is 2.25. The Hall–Kier alpha value is -2.28. The molecule has 1 heterocycles. The molecule has 0 aliphatic rings. The van der Waals surface area contributed by atoms with Crippen LogP contribution in [0.2, 0.25) is 0 Å². The van der Waals surface area contributed by atoms with E-state index in [2.05, 4.69) is 36.5 Å². The van der Waals surface area contributed by atoms with Crippen molar-refractivity contribution in [1.82, 2.24) is 20.4 Å². The lowest BCUT2D eigenvalue weighted by Gasteiger charge is -2.32.